The summed E-state index contributed by atoms with van der Waals surface area (Å²) in [6.45, 7) is 0. The molecule has 0 fully saturated rings. The quantitative estimate of drug-likeness (QED) is 0.145. The van der Waals surface area contributed by atoms with Crippen molar-refractivity contribution in [2.24, 2.45) is 0 Å². The molecule has 0 aliphatic rings. The van der Waals surface area contributed by atoms with E-state index in [9.17, 15) is 0 Å². The largest absolute Gasteiger partial charge is 0.309 e. The van der Waals surface area contributed by atoms with Crippen molar-refractivity contribution in [3.8, 4) is 22.5 Å². The van der Waals surface area contributed by atoms with Crippen molar-refractivity contribution < 1.29 is 8.78 Å². The van der Waals surface area contributed by atoms with Gasteiger partial charge < -0.3 is 9.13 Å². The van der Waals surface area contributed by atoms with Crippen molar-refractivity contribution in [2.75, 3.05) is 0 Å². The molecule has 4 heteroatoms. The Morgan fingerprint density at radius 1 is 0.321 bits per heavy atom. The van der Waals surface area contributed by atoms with E-state index < -0.39 is 0 Å². The molecule has 10 aromatic rings. The van der Waals surface area contributed by atoms with E-state index in [-0.39, 0.29) is 11.6 Å². The van der Waals surface area contributed by atoms with E-state index in [0.717, 1.165) is 77.2 Å². The van der Waals surface area contributed by atoms with E-state index in [4.69, 9.17) is 0 Å². The van der Waals surface area contributed by atoms with Crippen LogP contribution in [-0.2, 0) is 0 Å². The second-order valence-corrected chi connectivity index (χ2v) is 14.1. The first kappa shape index (κ1) is 33.3. The van der Waals surface area contributed by atoms with Gasteiger partial charge in [0.2, 0.25) is 0 Å². The number of benzene rings is 8. The third kappa shape index (κ3) is 5.89. The SMILES string of the molecule is Fc1cc(-n2c3ccccc3c3ccccc32)ccc1C=Cc1ccc(-c2ccc(C=Cc3ccc(-n4c5ccccc5c5ccccc54)cc3F)cc2)cc1. The van der Waals surface area contributed by atoms with Crippen molar-refractivity contribution in [3.63, 3.8) is 0 Å². The van der Waals surface area contributed by atoms with Gasteiger partial charge in [0.1, 0.15) is 11.6 Å². The molecule has 2 heterocycles. The summed E-state index contributed by atoms with van der Waals surface area (Å²) in [5.74, 6) is -0.545. The molecule has 266 valence electrons. The standard InChI is InChI=1S/C52H34F2N2/c53-47-33-41(55-49-13-5-1-9-43(49)44-10-2-6-14-50(44)55)31-29-39(47)27-21-35-17-23-37(24-18-35)38-25-19-36(20-26-38)22-28-40-30-32-42(34-48(40)54)56-51-15-7-3-11-45(51)46-12-4-8-16-52(46)56/h1-34H. The molecule has 56 heavy (non-hydrogen) atoms. The number of rotatable bonds is 7. The lowest BCUT2D eigenvalue weighted by molar-refractivity contribution is 0.624. The van der Waals surface area contributed by atoms with Crippen LogP contribution in [0.4, 0.5) is 8.78 Å². The van der Waals surface area contributed by atoms with Crippen LogP contribution in [-0.4, -0.2) is 9.13 Å². The van der Waals surface area contributed by atoms with Gasteiger partial charge in [-0.25, -0.2) is 8.78 Å². The summed E-state index contributed by atoms with van der Waals surface area (Å²) < 4.78 is 35.3. The van der Waals surface area contributed by atoms with Gasteiger partial charge in [-0.05, 0) is 82.9 Å². The summed E-state index contributed by atoms with van der Waals surface area (Å²) in [5, 5.41) is 4.59. The molecular formula is C52H34F2N2. The van der Waals surface area contributed by atoms with Crippen molar-refractivity contribution >= 4 is 67.9 Å². The molecule has 10 rings (SSSR count). The Labute approximate surface area is 323 Å². The highest BCUT2D eigenvalue weighted by molar-refractivity contribution is 6.10. The molecule has 2 aromatic heterocycles. The zero-order valence-corrected chi connectivity index (χ0v) is 30.3. The second-order valence-electron chi connectivity index (χ2n) is 14.1. The fourth-order valence-corrected chi connectivity index (χ4v) is 7.93. The maximum atomic E-state index is 15.5. The van der Waals surface area contributed by atoms with E-state index in [0.29, 0.717) is 11.1 Å². The lowest BCUT2D eigenvalue weighted by atomic mass is 10.0. The number of hydrogen-bond donors (Lipinski definition) is 0. The number of fused-ring (bicyclic) bond motifs is 6. The Kier molecular flexibility index (Phi) is 8.23. The molecule has 0 amide bonds. The Hall–Kier alpha value is -7.30. The summed E-state index contributed by atoms with van der Waals surface area (Å²) in [5.41, 5.74) is 11.0. The Bertz CT molecular complexity index is 2820. The lowest BCUT2D eigenvalue weighted by Gasteiger charge is -2.09. The smallest absolute Gasteiger partial charge is 0.132 e. The second kappa shape index (κ2) is 13.8. The summed E-state index contributed by atoms with van der Waals surface area (Å²) in [4.78, 5) is 0. The maximum Gasteiger partial charge on any atom is 0.132 e. The van der Waals surface area contributed by atoms with Gasteiger partial charge in [-0.3, -0.25) is 0 Å². The molecule has 0 saturated heterocycles. The third-order valence-corrected chi connectivity index (χ3v) is 10.7. The van der Waals surface area contributed by atoms with Crippen LogP contribution in [0.3, 0.4) is 0 Å². The van der Waals surface area contributed by atoms with Crippen LogP contribution in [0.2, 0.25) is 0 Å². The van der Waals surface area contributed by atoms with E-state index in [1.807, 2.05) is 121 Å². The maximum absolute atomic E-state index is 15.5. The predicted molar refractivity (Wildman–Crippen MR) is 231 cm³/mol. The first-order chi connectivity index (χ1) is 27.6. The summed E-state index contributed by atoms with van der Waals surface area (Å²) >= 11 is 0. The zero-order chi connectivity index (χ0) is 37.6. The highest BCUT2D eigenvalue weighted by atomic mass is 19.1. The highest BCUT2D eigenvalue weighted by Crippen LogP contribution is 2.34. The first-order valence-corrected chi connectivity index (χ1v) is 18.7. The van der Waals surface area contributed by atoms with Gasteiger partial charge >= 0.3 is 0 Å². The normalized spacial score (nSPS) is 12.0. The highest BCUT2D eigenvalue weighted by Gasteiger charge is 2.14. The van der Waals surface area contributed by atoms with Crippen molar-refractivity contribution in [1.29, 1.82) is 0 Å². The average molecular weight is 725 g/mol. The van der Waals surface area contributed by atoms with Crippen LogP contribution in [0.5, 0.6) is 0 Å². The number of nitrogens with zero attached hydrogens (tertiary/aromatic N) is 2. The molecular weight excluding hydrogens is 691 g/mol. The van der Waals surface area contributed by atoms with Crippen molar-refractivity contribution in [2.45, 2.75) is 0 Å². The van der Waals surface area contributed by atoms with Crippen LogP contribution in [0, 0.1) is 11.6 Å². The molecule has 0 spiro atoms. The predicted octanol–water partition coefficient (Wildman–Crippen LogP) is 14.2. The number of para-hydroxylation sites is 4. The average Bonchev–Trinajstić information content (AvgIpc) is 3.76. The Morgan fingerprint density at radius 2 is 0.643 bits per heavy atom. The molecule has 0 aliphatic carbocycles. The zero-order valence-electron chi connectivity index (χ0n) is 30.3. The number of aromatic nitrogens is 2. The van der Waals surface area contributed by atoms with E-state index >= 15 is 8.78 Å². The Morgan fingerprint density at radius 3 is 0.964 bits per heavy atom. The van der Waals surface area contributed by atoms with E-state index in [2.05, 4.69) is 81.9 Å². The molecule has 0 bridgehead atoms. The molecule has 0 radical (unpaired) electrons. The van der Waals surface area contributed by atoms with Gasteiger partial charge in [-0.15, -0.1) is 0 Å². The van der Waals surface area contributed by atoms with Crippen molar-refractivity contribution in [3.05, 3.63) is 216 Å². The van der Waals surface area contributed by atoms with Crippen molar-refractivity contribution in [1.82, 2.24) is 9.13 Å². The molecule has 0 aliphatic heterocycles. The van der Waals surface area contributed by atoms with Gasteiger partial charge in [-0.2, -0.15) is 0 Å². The van der Waals surface area contributed by atoms with Crippen LogP contribution in [0.15, 0.2) is 182 Å². The van der Waals surface area contributed by atoms with Gasteiger partial charge in [0.05, 0.1) is 22.1 Å². The minimum Gasteiger partial charge on any atom is -0.309 e. The molecule has 0 unspecified atom stereocenters. The summed E-state index contributed by atoms with van der Waals surface area (Å²) in [7, 11) is 0. The molecule has 8 aromatic carbocycles. The minimum atomic E-state index is -0.273. The lowest BCUT2D eigenvalue weighted by Crippen LogP contribution is -1.95. The summed E-state index contributed by atoms with van der Waals surface area (Å²) in [6.07, 6.45) is 7.51. The van der Waals surface area contributed by atoms with E-state index in [1.54, 1.807) is 12.1 Å². The first-order valence-electron chi connectivity index (χ1n) is 18.7. The minimum absolute atomic E-state index is 0.273. The van der Waals surface area contributed by atoms with Crippen LogP contribution in [0.1, 0.15) is 22.3 Å². The van der Waals surface area contributed by atoms with Crippen LogP contribution >= 0.6 is 0 Å². The van der Waals surface area contributed by atoms with Gasteiger partial charge in [0.15, 0.2) is 0 Å². The van der Waals surface area contributed by atoms with Crippen LogP contribution < -0.4 is 0 Å². The number of halogens is 2. The summed E-state index contributed by atoms with van der Waals surface area (Å²) in [6, 6.07) is 60.2. The molecule has 0 saturated carbocycles. The molecule has 0 N–H and O–H groups in total. The fraction of sp³-hybridized carbons (Fsp3) is 0. The topological polar surface area (TPSA) is 9.86 Å². The van der Waals surface area contributed by atoms with E-state index in [1.165, 1.54) is 0 Å². The fourth-order valence-electron chi connectivity index (χ4n) is 7.93. The monoisotopic (exact) mass is 724 g/mol. The Balaban J connectivity index is 0.831. The number of hydrogen-bond acceptors (Lipinski definition) is 0. The molecule has 2 nitrogen and oxygen atoms in total. The van der Waals surface area contributed by atoms with Gasteiger partial charge in [-0.1, -0.05) is 146 Å². The van der Waals surface area contributed by atoms with Gasteiger partial charge in [0.25, 0.3) is 0 Å². The molecule has 0 atom stereocenters. The van der Waals surface area contributed by atoms with Gasteiger partial charge in [0, 0.05) is 44.0 Å². The third-order valence-electron chi connectivity index (χ3n) is 10.7. The van der Waals surface area contributed by atoms with Crippen LogP contribution in [0.25, 0.3) is 90.4 Å².